The first-order valence-corrected chi connectivity index (χ1v) is 19.9. The van der Waals surface area contributed by atoms with Gasteiger partial charge >= 0.3 is 18.1 Å². The van der Waals surface area contributed by atoms with Gasteiger partial charge in [0, 0.05) is 23.2 Å². The number of nitrogens with zero attached hydrogens (tertiary/aromatic N) is 2. The maximum Gasteiger partial charge on any atom is 0.514 e. The number of benzene rings is 1. The highest BCUT2D eigenvalue weighted by Crippen LogP contribution is 2.70. The number of methoxy groups -OCH3 is 1. The number of ether oxygens (including phenoxy) is 5. The Morgan fingerprint density at radius 1 is 0.887 bits per heavy atom. The molecule has 0 bridgehead atoms. The monoisotopic (exact) mass is 882 g/mol. The molecule has 3 fully saturated rings. The maximum absolute atomic E-state index is 17.8. The van der Waals surface area contributed by atoms with Gasteiger partial charge in [-0.1, -0.05) is 19.4 Å². The molecule has 1 aromatic rings. The van der Waals surface area contributed by atoms with Crippen LogP contribution in [0.1, 0.15) is 82.0 Å². The number of hydrogen-bond acceptors (Lipinski definition) is 18. The highest BCUT2D eigenvalue weighted by molar-refractivity contribution is 6.01. The molecule has 5 rings (SSSR count). The summed E-state index contributed by atoms with van der Waals surface area (Å²) in [7, 11) is 1.21. The lowest BCUT2D eigenvalue weighted by molar-refractivity contribution is -0.757. The van der Waals surface area contributed by atoms with E-state index in [1.807, 2.05) is 0 Å². The molecule has 0 amide bonds. The molecule has 62 heavy (non-hydrogen) atoms. The van der Waals surface area contributed by atoms with E-state index in [-0.39, 0.29) is 42.3 Å². The quantitative estimate of drug-likeness (QED) is 0.0462. The molecule has 0 aromatic heterocycles. The van der Waals surface area contributed by atoms with Gasteiger partial charge in [0.25, 0.3) is 10.2 Å². The van der Waals surface area contributed by atoms with Crippen molar-refractivity contribution in [2.24, 2.45) is 22.7 Å². The first kappa shape index (κ1) is 47.3. The van der Waals surface area contributed by atoms with Gasteiger partial charge in [0.15, 0.2) is 29.6 Å². The van der Waals surface area contributed by atoms with Gasteiger partial charge in [-0.3, -0.25) is 14.4 Å². The molecule has 1 aromatic carbocycles. The number of hydrogen-bond donors (Lipinski definition) is 2. The summed E-state index contributed by atoms with van der Waals surface area (Å²) in [6.45, 7) is 0.967. The Bertz CT molecular complexity index is 2000. The van der Waals surface area contributed by atoms with E-state index >= 15 is 8.78 Å². The number of unbranched alkanes of at least 4 members (excludes halogenated alkanes) is 3. The molecule has 4 aliphatic carbocycles. The molecule has 4 aliphatic rings. The molecule has 22 heteroatoms. The highest BCUT2D eigenvalue weighted by Gasteiger charge is 2.79. The third-order valence-corrected chi connectivity index (χ3v) is 12.6. The molecule has 2 unspecified atom stereocenters. The first-order valence-electron chi connectivity index (χ1n) is 19.9. The number of allylic oxidation sites excluding steroid dienone is 4. The van der Waals surface area contributed by atoms with Crippen LogP contribution in [0.25, 0.3) is 0 Å². The number of Topliss-reactive ketones (excluding diaryl/α,β-unsaturated/α-hetero) is 1. The SMILES string of the molecule is COc1cc(C(=O)OCCCCCCO[N+](=O)[O-])ccc1OC(=O)OCC(=O)[C@@]1(OC(=O)CCCO[N+](=O)[O-])[C@H](O)CC2C3C[C@H](F)C4=CC(=O)C=C[C@]4(C)[C@@]3(F)[C@@H](O)C[C@@]21C. The fourth-order valence-corrected chi connectivity index (χ4v) is 9.71. The summed E-state index contributed by atoms with van der Waals surface area (Å²) in [6.07, 6.45) is -4.33. The number of aliphatic hydroxyl groups is 2. The van der Waals surface area contributed by atoms with Crippen LogP contribution in [0.2, 0.25) is 0 Å². The lowest BCUT2D eigenvalue weighted by Gasteiger charge is -2.63. The predicted octanol–water partition coefficient (Wildman–Crippen LogP) is 4.27. The molecule has 340 valence electrons. The number of carbonyl (C=O) groups excluding carboxylic acids is 5. The molecule has 0 heterocycles. The smallest absolute Gasteiger partial charge is 0.493 e. The van der Waals surface area contributed by atoms with Gasteiger partial charge in [0.2, 0.25) is 11.4 Å². The largest absolute Gasteiger partial charge is 0.514 e. The van der Waals surface area contributed by atoms with E-state index in [0.717, 1.165) is 12.2 Å². The third-order valence-electron chi connectivity index (χ3n) is 12.6. The Hall–Kier alpha value is -5.77. The molecular weight excluding hydrogens is 834 g/mol. The first-order chi connectivity index (χ1) is 29.2. The van der Waals surface area contributed by atoms with Crippen molar-refractivity contribution >= 4 is 29.7 Å². The van der Waals surface area contributed by atoms with Gasteiger partial charge in [-0.25, -0.2) is 18.4 Å². The summed E-state index contributed by atoms with van der Waals surface area (Å²) in [5, 5.41) is 42.4. The predicted molar refractivity (Wildman–Crippen MR) is 203 cm³/mol. The van der Waals surface area contributed by atoms with Crippen molar-refractivity contribution in [3.63, 3.8) is 0 Å². The number of halogens is 2. The standard InChI is InChI=1S/C40H48F2N2O18/c1-37-13-12-24(45)18-27(37)28(41)19-26-25-20-31(46)40(38(25,2)21-32(47)39(26,37)42,62-34(49)9-8-16-60-44(54)55)33(48)22-58-36(51)61-29-11-10-23(17-30(29)56-3)35(50)57-14-6-4-5-7-15-59-43(52)53/h10-13,17-18,25-26,28,31-32,46-47H,4-9,14-16,19-22H2,1-3H3/t25?,26?,28-,31+,32-,37-,38-,39-,40-/m0/s1. The van der Waals surface area contributed by atoms with Crippen molar-refractivity contribution < 1.29 is 86.5 Å². The molecule has 0 saturated heterocycles. The average molecular weight is 883 g/mol. The Labute approximate surface area is 352 Å². The number of fused-ring (bicyclic) bond motifs is 5. The minimum absolute atomic E-state index is 0.0158. The second kappa shape index (κ2) is 19.1. The molecule has 0 radical (unpaired) electrons. The summed E-state index contributed by atoms with van der Waals surface area (Å²) in [4.78, 5) is 95.0. The van der Waals surface area contributed by atoms with Crippen LogP contribution in [0.3, 0.4) is 0 Å². The normalized spacial score (nSPS) is 30.7. The fourth-order valence-electron chi connectivity index (χ4n) is 9.71. The Morgan fingerprint density at radius 3 is 2.21 bits per heavy atom. The topological polar surface area (TPSA) is 277 Å². The van der Waals surface area contributed by atoms with Gasteiger partial charge in [0.1, 0.15) is 12.3 Å². The number of rotatable bonds is 20. The van der Waals surface area contributed by atoms with Crippen LogP contribution in [-0.2, 0) is 38.3 Å². The summed E-state index contributed by atoms with van der Waals surface area (Å²) in [6, 6.07) is 3.64. The summed E-state index contributed by atoms with van der Waals surface area (Å²) in [5.41, 5.74) is -9.08. The van der Waals surface area contributed by atoms with Crippen LogP contribution in [-0.4, -0.2) is 113 Å². The van der Waals surface area contributed by atoms with Gasteiger partial charge < -0.3 is 43.6 Å². The van der Waals surface area contributed by atoms with Crippen LogP contribution in [0.5, 0.6) is 11.5 Å². The van der Waals surface area contributed by atoms with Crippen molar-refractivity contribution in [3.8, 4) is 11.5 Å². The lowest BCUT2D eigenvalue weighted by atomic mass is 9.44. The number of ketones is 2. The lowest BCUT2D eigenvalue weighted by Crippen LogP contribution is -2.71. The molecular formula is C40H48F2N2O18. The van der Waals surface area contributed by atoms with Gasteiger partial charge in [-0.2, -0.15) is 0 Å². The van der Waals surface area contributed by atoms with E-state index in [1.54, 1.807) is 0 Å². The van der Waals surface area contributed by atoms with Crippen molar-refractivity contribution in [1.82, 2.24) is 0 Å². The van der Waals surface area contributed by atoms with E-state index in [4.69, 9.17) is 23.7 Å². The number of carbonyl (C=O) groups is 5. The molecule has 9 atom stereocenters. The number of alkyl halides is 2. The van der Waals surface area contributed by atoms with Gasteiger partial charge in [-0.15, -0.1) is 20.2 Å². The van der Waals surface area contributed by atoms with Gasteiger partial charge in [0.05, 0.1) is 38.6 Å². The van der Waals surface area contributed by atoms with Crippen molar-refractivity contribution in [3.05, 3.63) is 67.8 Å². The number of esters is 2. The second-order valence-electron chi connectivity index (χ2n) is 16.0. The molecule has 0 aliphatic heterocycles. The van der Waals surface area contributed by atoms with Crippen LogP contribution in [0.15, 0.2) is 42.0 Å². The zero-order valence-electron chi connectivity index (χ0n) is 34.1. The number of aliphatic hydroxyl groups excluding tert-OH is 2. The Balaban J connectivity index is 1.32. The van der Waals surface area contributed by atoms with Crippen LogP contribution >= 0.6 is 0 Å². The molecule has 0 spiro atoms. The van der Waals surface area contributed by atoms with E-state index in [1.165, 1.54) is 45.2 Å². The Kier molecular flexibility index (Phi) is 14.6. The zero-order chi connectivity index (χ0) is 45.6. The minimum atomic E-state index is -2.65. The summed E-state index contributed by atoms with van der Waals surface area (Å²) < 4.78 is 60.4. The highest BCUT2D eigenvalue weighted by atomic mass is 19.1. The minimum Gasteiger partial charge on any atom is -0.493 e. The summed E-state index contributed by atoms with van der Waals surface area (Å²) in [5.74, 6) is -6.61. The van der Waals surface area contributed by atoms with Crippen molar-refractivity contribution in [2.75, 3.05) is 33.5 Å². The van der Waals surface area contributed by atoms with Crippen molar-refractivity contribution in [1.29, 1.82) is 0 Å². The fraction of sp³-hybridized carbons (Fsp3) is 0.625. The third kappa shape index (κ3) is 9.06. The summed E-state index contributed by atoms with van der Waals surface area (Å²) >= 11 is 0. The molecule has 3 saturated carbocycles. The van der Waals surface area contributed by atoms with E-state index in [0.29, 0.717) is 25.7 Å². The average Bonchev–Trinajstić information content (AvgIpc) is 3.43. The molecule has 20 nitrogen and oxygen atoms in total. The van der Waals surface area contributed by atoms with Crippen LogP contribution < -0.4 is 9.47 Å². The molecule has 2 N–H and O–H groups in total. The van der Waals surface area contributed by atoms with E-state index < -0.39 is 131 Å². The Morgan fingerprint density at radius 2 is 1.55 bits per heavy atom. The van der Waals surface area contributed by atoms with Gasteiger partial charge in [-0.05, 0) is 93.7 Å². The second-order valence-corrected chi connectivity index (χ2v) is 16.0. The van der Waals surface area contributed by atoms with E-state index in [9.17, 15) is 54.4 Å². The zero-order valence-corrected chi connectivity index (χ0v) is 34.1. The van der Waals surface area contributed by atoms with Crippen LogP contribution in [0, 0.1) is 42.9 Å². The van der Waals surface area contributed by atoms with Crippen molar-refractivity contribution in [2.45, 2.75) is 101 Å². The van der Waals surface area contributed by atoms with Crippen LogP contribution in [0.4, 0.5) is 13.6 Å². The van der Waals surface area contributed by atoms with E-state index in [2.05, 4.69) is 9.68 Å². The maximum atomic E-state index is 17.8.